The first-order chi connectivity index (χ1) is 8.31. The molecule has 6 nitrogen and oxygen atoms in total. The van der Waals surface area contributed by atoms with E-state index in [4.69, 9.17) is 11.6 Å². The Morgan fingerprint density at radius 3 is 2.72 bits per heavy atom. The van der Waals surface area contributed by atoms with Gasteiger partial charge in [0, 0.05) is 12.2 Å². The molecule has 0 aliphatic heterocycles. The van der Waals surface area contributed by atoms with Crippen molar-refractivity contribution in [2.75, 3.05) is 6.54 Å². The Balaban J connectivity index is 2.69. The van der Waals surface area contributed by atoms with Crippen LogP contribution >= 0.6 is 11.6 Å². The zero-order valence-electron chi connectivity index (χ0n) is 9.97. The second-order valence-corrected chi connectivity index (χ2v) is 6.02. The highest BCUT2D eigenvalue weighted by Crippen LogP contribution is 2.12. The molecule has 0 atom stereocenters. The molecule has 100 valence electrons. The number of carbonyl (C=O) groups excluding carboxylic acids is 1. The molecule has 0 fully saturated rings. The van der Waals surface area contributed by atoms with Crippen molar-refractivity contribution in [3.63, 3.8) is 0 Å². The third kappa shape index (κ3) is 4.59. The summed E-state index contributed by atoms with van der Waals surface area (Å²) in [6.07, 6.45) is 1.28. The quantitative estimate of drug-likeness (QED) is 0.775. The van der Waals surface area contributed by atoms with E-state index >= 15 is 0 Å². The van der Waals surface area contributed by atoms with Crippen LogP contribution in [0.2, 0.25) is 5.15 Å². The van der Waals surface area contributed by atoms with Crippen molar-refractivity contribution in [2.45, 2.75) is 24.8 Å². The second-order valence-electron chi connectivity index (χ2n) is 3.86. The number of aromatic nitrogens is 1. The van der Waals surface area contributed by atoms with Crippen LogP contribution in [-0.2, 0) is 14.8 Å². The highest BCUT2D eigenvalue weighted by atomic mass is 35.5. The lowest BCUT2D eigenvalue weighted by Crippen LogP contribution is -2.39. The highest BCUT2D eigenvalue weighted by molar-refractivity contribution is 7.89. The molecule has 0 radical (unpaired) electrons. The lowest BCUT2D eigenvalue weighted by molar-refractivity contribution is -0.120. The van der Waals surface area contributed by atoms with Crippen LogP contribution in [0.1, 0.15) is 13.8 Å². The van der Waals surface area contributed by atoms with Crippen molar-refractivity contribution in [1.29, 1.82) is 0 Å². The predicted molar refractivity (Wildman–Crippen MR) is 67.7 cm³/mol. The number of amides is 1. The maximum atomic E-state index is 11.8. The third-order valence-electron chi connectivity index (χ3n) is 1.88. The average Bonchev–Trinajstić information content (AvgIpc) is 2.26. The first kappa shape index (κ1) is 14.9. The van der Waals surface area contributed by atoms with Gasteiger partial charge in [-0.15, -0.1) is 0 Å². The summed E-state index contributed by atoms with van der Waals surface area (Å²) in [6, 6.07) is 2.47. The van der Waals surface area contributed by atoms with Gasteiger partial charge in [-0.25, -0.2) is 18.1 Å². The fourth-order valence-electron chi connectivity index (χ4n) is 1.17. The maximum absolute atomic E-state index is 11.8. The first-order valence-electron chi connectivity index (χ1n) is 5.22. The van der Waals surface area contributed by atoms with Crippen molar-refractivity contribution in [1.82, 2.24) is 15.0 Å². The number of rotatable bonds is 5. The molecule has 0 spiro atoms. The number of hydrogen-bond acceptors (Lipinski definition) is 4. The first-order valence-corrected chi connectivity index (χ1v) is 7.08. The zero-order chi connectivity index (χ0) is 13.8. The number of hydrogen-bond donors (Lipinski definition) is 2. The summed E-state index contributed by atoms with van der Waals surface area (Å²) in [6.45, 7) is 3.25. The molecular formula is C10H14ClN3O3S. The monoisotopic (exact) mass is 291 g/mol. The Bertz CT molecular complexity index is 531. The molecule has 1 aromatic heterocycles. The summed E-state index contributed by atoms with van der Waals surface area (Å²) in [4.78, 5) is 15.0. The van der Waals surface area contributed by atoms with E-state index in [1.807, 2.05) is 0 Å². The summed E-state index contributed by atoms with van der Waals surface area (Å²) in [5.41, 5.74) is 0. The van der Waals surface area contributed by atoms with Gasteiger partial charge in [-0.3, -0.25) is 4.79 Å². The summed E-state index contributed by atoms with van der Waals surface area (Å²) in [5.74, 6) is -0.395. The van der Waals surface area contributed by atoms with Gasteiger partial charge in [0.1, 0.15) is 5.15 Å². The number of nitrogens with one attached hydrogen (secondary N) is 2. The number of carbonyl (C=O) groups is 1. The Kier molecular flexibility index (Phi) is 5.06. The van der Waals surface area contributed by atoms with Crippen molar-refractivity contribution in [3.8, 4) is 0 Å². The Labute approximate surface area is 111 Å². The zero-order valence-corrected chi connectivity index (χ0v) is 11.5. The van der Waals surface area contributed by atoms with Gasteiger partial charge in [0.2, 0.25) is 15.9 Å². The molecule has 0 bridgehead atoms. The SMILES string of the molecule is CC(C)NC(=O)CNS(=O)(=O)c1ccnc(Cl)c1. The van der Waals surface area contributed by atoms with Crippen molar-refractivity contribution in [2.24, 2.45) is 0 Å². The van der Waals surface area contributed by atoms with Gasteiger partial charge < -0.3 is 5.32 Å². The number of nitrogens with zero attached hydrogens (tertiary/aromatic N) is 1. The summed E-state index contributed by atoms with van der Waals surface area (Å²) < 4.78 is 25.8. The van der Waals surface area contributed by atoms with E-state index in [0.717, 1.165) is 0 Å². The topological polar surface area (TPSA) is 88.2 Å². The van der Waals surface area contributed by atoms with E-state index in [9.17, 15) is 13.2 Å². The molecule has 0 saturated carbocycles. The van der Waals surface area contributed by atoms with Gasteiger partial charge in [0.05, 0.1) is 11.4 Å². The molecule has 0 unspecified atom stereocenters. The molecule has 0 saturated heterocycles. The van der Waals surface area contributed by atoms with Crippen molar-refractivity contribution in [3.05, 3.63) is 23.5 Å². The standard InChI is InChI=1S/C10H14ClN3O3S/c1-7(2)14-10(15)6-13-18(16,17)8-3-4-12-9(11)5-8/h3-5,7,13H,6H2,1-2H3,(H,14,15). The molecule has 8 heteroatoms. The predicted octanol–water partition coefficient (Wildman–Crippen LogP) is 0.538. The average molecular weight is 292 g/mol. The van der Waals surface area contributed by atoms with Crippen LogP contribution in [0.4, 0.5) is 0 Å². The molecular weight excluding hydrogens is 278 g/mol. The van der Waals surface area contributed by atoms with E-state index in [-0.39, 0.29) is 22.6 Å². The third-order valence-corrected chi connectivity index (χ3v) is 3.49. The van der Waals surface area contributed by atoms with Crippen LogP contribution in [0.25, 0.3) is 0 Å². The maximum Gasteiger partial charge on any atom is 0.241 e. The minimum absolute atomic E-state index is 0.0279. The normalized spacial score (nSPS) is 11.6. The molecule has 1 heterocycles. The highest BCUT2D eigenvalue weighted by Gasteiger charge is 2.16. The summed E-state index contributed by atoms with van der Waals surface area (Å²) in [5, 5.41) is 2.65. The summed E-state index contributed by atoms with van der Waals surface area (Å²) in [7, 11) is -3.75. The number of pyridine rings is 1. The molecule has 1 rings (SSSR count). The number of halogens is 1. The molecule has 18 heavy (non-hydrogen) atoms. The van der Waals surface area contributed by atoms with Crippen LogP contribution in [0.15, 0.2) is 23.2 Å². The number of sulfonamides is 1. The van der Waals surface area contributed by atoms with Crippen LogP contribution < -0.4 is 10.0 Å². The van der Waals surface area contributed by atoms with Crippen LogP contribution in [0.5, 0.6) is 0 Å². The van der Waals surface area contributed by atoms with Gasteiger partial charge in [-0.1, -0.05) is 11.6 Å². The van der Waals surface area contributed by atoms with E-state index in [0.29, 0.717) is 0 Å². The van der Waals surface area contributed by atoms with E-state index < -0.39 is 15.9 Å². The fraction of sp³-hybridized carbons (Fsp3) is 0.400. The molecule has 0 aromatic carbocycles. The van der Waals surface area contributed by atoms with Gasteiger partial charge in [-0.2, -0.15) is 0 Å². The Hall–Kier alpha value is -1.18. The van der Waals surface area contributed by atoms with Gasteiger partial charge >= 0.3 is 0 Å². The van der Waals surface area contributed by atoms with Crippen LogP contribution in [0.3, 0.4) is 0 Å². The summed E-state index contributed by atoms with van der Waals surface area (Å²) >= 11 is 5.60. The molecule has 0 aliphatic carbocycles. The van der Waals surface area contributed by atoms with Crippen LogP contribution in [0, 0.1) is 0 Å². The van der Waals surface area contributed by atoms with Crippen LogP contribution in [-0.4, -0.2) is 31.9 Å². The largest absolute Gasteiger partial charge is 0.353 e. The smallest absolute Gasteiger partial charge is 0.241 e. The minimum Gasteiger partial charge on any atom is -0.353 e. The van der Waals surface area contributed by atoms with E-state index in [1.54, 1.807) is 13.8 Å². The van der Waals surface area contributed by atoms with Crippen molar-refractivity contribution >= 4 is 27.5 Å². The lowest BCUT2D eigenvalue weighted by Gasteiger charge is -2.09. The van der Waals surface area contributed by atoms with Gasteiger partial charge in [-0.05, 0) is 26.0 Å². The fourth-order valence-corrected chi connectivity index (χ4v) is 2.40. The van der Waals surface area contributed by atoms with E-state index in [1.165, 1.54) is 18.3 Å². The Morgan fingerprint density at radius 1 is 1.50 bits per heavy atom. The Morgan fingerprint density at radius 2 is 2.17 bits per heavy atom. The lowest BCUT2D eigenvalue weighted by atomic mass is 10.4. The second kappa shape index (κ2) is 6.12. The van der Waals surface area contributed by atoms with E-state index in [2.05, 4.69) is 15.0 Å². The van der Waals surface area contributed by atoms with Crippen molar-refractivity contribution < 1.29 is 13.2 Å². The molecule has 0 aliphatic rings. The molecule has 1 amide bonds. The van der Waals surface area contributed by atoms with Gasteiger partial charge in [0.15, 0.2) is 0 Å². The minimum atomic E-state index is -3.75. The molecule has 1 aromatic rings. The van der Waals surface area contributed by atoms with Gasteiger partial charge in [0.25, 0.3) is 0 Å². The molecule has 2 N–H and O–H groups in total.